The van der Waals surface area contributed by atoms with Crippen LogP contribution in [0.15, 0.2) is 0 Å². The average Bonchev–Trinajstić information content (AvgIpc) is 2.27. The Kier molecular flexibility index (Phi) is 4.44. The van der Waals surface area contributed by atoms with E-state index in [2.05, 4.69) is 25.0 Å². The maximum absolute atomic E-state index is 11.2. The van der Waals surface area contributed by atoms with Crippen molar-refractivity contribution in [2.75, 3.05) is 24.8 Å². The van der Waals surface area contributed by atoms with E-state index in [1.54, 1.807) is 13.8 Å². The minimum Gasteiger partial charge on any atom is -0.467 e. The fourth-order valence-electron chi connectivity index (χ4n) is 1.06. The molecule has 94 valence electrons. The van der Waals surface area contributed by atoms with Gasteiger partial charge in [0.1, 0.15) is 6.04 Å². The number of nitrogens with one attached hydrogen (secondary N) is 1. The SMILES string of the molecule is CCOc1nc(N)nc(NC(C)C(=O)OC)n1. The van der Waals surface area contributed by atoms with Crippen molar-refractivity contribution in [2.24, 2.45) is 0 Å². The Hall–Kier alpha value is -2.12. The zero-order chi connectivity index (χ0) is 12.8. The third-order valence-corrected chi connectivity index (χ3v) is 1.81. The van der Waals surface area contributed by atoms with Gasteiger partial charge in [0.05, 0.1) is 13.7 Å². The number of aromatic nitrogens is 3. The number of nitrogens with zero attached hydrogens (tertiary/aromatic N) is 3. The minimum atomic E-state index is -0.587. The van der Waals surface area contributed by atoms with Crippen molar-refractivity contribution in [1.82, 2.24) is 15.0 Å². The van der Waals surface area contributed by atoms with Crippen molar-refractivity contribution in [1.29, 1.82) is 0 Å². The van der Waals surface area contributed by atoms with Crippen LogP contribution in [0.4, 0.5) is 11.9 Å². The van der Waals surface area contributed by atoms with Crippen molar-refractivity contribution in [3.63, 3.8) is 0 Å². The molecule has 0 spiro atoms. The number of hydrogen-bond acceptors (Lipinski definition) is 8. The minimum absolute atomic E-state index is 0.0167. The van der Waals surface area contributed by atoms with Gasteiger partial charge in [-0.1, -0.05) is 0 Å². The molecule has 0 saturated carbocycles. The number of carbonyl (C=O) groups is 1. The van der Waals surface area contributed by atoms with E-state index in [1.807, 2.05) is 0 Å². The topological polar surface area (TPSA) is 112 Å². The zero-order valence-electron chi connectivity index (χ0n) is 9.93. The number of carbonyl (C=O) groups excluding carboxylic acids is 1. The molecule has 0 bridgehead atoms. The molecule has 1 aromatic rings. The molecule has 0 aliphatic rings. The van der Waals surface area contributed by atoms with E-state index in [9.17, 15) is 4.79 Å². The van der Waals surface area contributed by atoms with Gasteiger partial charge in [-0.25, -0.2) is 4.79 Å². The lowest BCUT2D eigenvalue weighted by Gasteiger charge is -2.11. The quantitative estimate of drug-likeness (QED) is 0.683. The Morgan fingerprint density at radius 1 is 1.47 bits per heavy atom. The van der Waals surface area contributed by atoms with Crippen LogP contribution < -0.4 is 15.8 Å². The maximum atomic E-state index is 11.2. The highest BCUT2D eigenvalue weighted by atomic mass is 16.5. The summed E-state index contributed by atoms with van der Waals surface area (Å²) in [4.78, 5) is 22.7. The molecule has 1 aromatic heterocycles. The molecule has 8 nitrogen and oxygen atoms in total. The normalized spacial score (nSPS) is 11.7. The lowest BCUT2D eigenvalue weighted by atomic mass is 10.3. The van der Waals surface area contributed by atoms with Crippen LogP contribution in [0.1, 0.15) is 13.8 Å². The number of anilines is 2. The summed E-state index contributed by atoms with van der Waals surface area (Å²) in [6.45, 7) is 3.83. The molecule has 0 saturated heterocycles. The number of nitrogen functional groups attached to an aromatic ring is 1. The number of ether oxygens (including phenoxy) is 2. The van der Waals surface area contributed by atoms with Gasteiger partial charge >= 0.3 is 12.0 Å². The highest BCUT2D eigenvalue weighted by Gasteiger charge is 2.15. The van der Waals surface area contributed by atoms with Gasteiger partial charge in [0.25, 0.3) is 0 Å². The first-order valence-electron chi connectivity index (χ1n) is 5.05. The van der Waals surface area contributed by atoms with Crippen molar-refractivity contribution in [3.8, 4) is 6.01 Å². The Morgan fingerprint density at radius 3 is 2.76 bits per heavy atom. The van der Waals surface area contributed by atoms with E-state index in [1.165, 1.54) is 7.11 Å². The van der Waals surface area contributed by atoms with E-state index in [4.69, 9.17) is 10.5 Å². The molecular weight excluding hydrogens is 226 g/mol. The largest absolute Gasteiger partial charge is 0.467 e. The van der Waals surface area contributed by atoms with Crippen LogP contribution in [-0.2, 0) is 9.53 Å². The molecule has 0 radical (unpaired) electrons. The molecular formula is C9H15N5O3. The van der Waals surface area contributed by atoms with Gasteiger partial charge in [0.15, 0.2) is 0 Å². The summed E-state index contributed by atoms with van der Waals surface area (Å²) < 4.78 is 9.65. The molecule has 0 aliphatic heterocycles. The monoisotopic (exact) mass is 241 g/mol. The summed E-state index contributed by atoms with van der Waals surface area (Å²) in [5, 5.41) is 2.74. The summed E-state index contributed by atoms with van der Waals surface area (Å²) in [5.74, 6) is -0.246. The molecule has 0 fully saturated rings. The summed E-state index contributed by atoms with van der Waals surface area (Å²) in [6.07, 6.45) is 0. The number of hydrogen-bond donors (Lipinski definition) is 2. The van der Waals surface area contributed by atoms with Gasteiger partial charge in [0.2, 0.25) is 11.9 Å². The fourth-order valence-corrected chi connectivity index (χ4v) is 1.06. The Balaban J connectivity index is 2.80. The molecule has 1 heterocycles. The number of esters is 1. The van der Waals surface area contributed by atoms with E-state index in [0.29, 0.717) is 6.61 Å². The van der Waals surface area contributed by atoms with Crippen LogP contribution in [0.5, 0.6) is 6.01 Å². The molecule has 0 aromatic carbocycles. The average molecular weight is 241 g/mol. The molecule has 0 aliphatic carbocycles. The van der Waals surface area contributed by atoms with Crippen molar-refractivity contribution >= 4 is 17.9 Å². The second-order valence-electron chi connectivity index (χ2n) is 3.12. The highest BCUT2D eigenvalue weighted by molar-refractivity contribution is 5.77. The molecule has 17 heavy (non-hydrogen) atoms. The van der Waals surface area contributed by atoms with Gasteiger partial charge in [-0.2, -0.15) is 15.0 Å². The van der Waals surface area contributed by atoms with Crippen LogP contribution in [0.25, 0.3) is 0 Å². The van der Waals surface area contributed by atoms with Crippen molar-refractivity contribution < 1.29 is 14.3 Å². The molecule has 1 atom stereocenters. The Bertz CT molecular complexity index is 398. The van der Waals surface area contributed by atoms with Crippen LogP contribution in [0, 0.1) is 0 Å². The summed E-state index contributed by atoms with van der Waals surface area (Å²) in [5.41, 5.74) is 5.48. The van der Waals surface area contributed by atoms with Gasteiger partial charge in [-0.05, 0) is 13.8 Å². The molecule has 1 unspecified atom stereocenters. The van der Waals surface area contributed by atoms with Crippen LogP contribution in [-0.4, -0.2) is 40.7 Å². The third-order valence-electron chi connectivity index (χ3n) is 1.81. The predicted molar refractivity (Wildman–Crippen MR) is 60.5 cm³/mol. The zero-order valence-corrected chi connectivity index (χ0v) is 9.93. The fraction of sp³-hybridized carbons (Fsp3) is 0.556. The molecule has 8 heteroatoms. The van der Waals surface area contributed by atoms with Crippen molar-refractivity contribution in [2.45, 2.75) is 19.9 Å². The summed E-state index contributed by atoms with van der Waals surface area (Å²) >= 11 is 0. The molecule has 0 amide bonds. The van der Waals surface area contributed by atoms with Gasteiger partial charge in [-0.15, -0.1) is 0 Å². The third kappa shape index (κ3) is 3.74. The number of methoxy groups -OCH3 is 1. The van der Waals surface area contributed by atoms with Crippen LogP contribution in [0.2, 0.25) is 0 Å². The first-order valence-corrected chi connectivity index (χ1v) is 5.05. The summed E-state index contributed by atoms with van der Waals surface area (Å²) in [6, 6.07) is -0.476. The van der Waals surface area contributed by atoms with Gasteiger partial charge in [0, 0.05) is 0 Å². The standard InChI is InChI=1S/C9H15N5O3/c1-4-17-9-13-7(10)12-8(14-9)11-5(2)6(15)16-3/h5H,4H2,1-3H3,(H3,10,11,12,13,14). The highest BCUT2D eigenvalue weighted by Crippen LogP contribution is 2.09. The number of nitrogens with two attached hydrogens (primary N) is 1. The summed E-state index contributed by atoms with van der Waals surface area (Å²) in [7, 11) is 1.30. The van der Waals surface area contributed by atoms with Crippen LogP contribution >= 0.6 is 0 Å². The Morgan fingerprint density at radius 2 is 2.18 bits per heavy atom. The van der Waals surface area contributed by atoms with Crippen molar-refractivity contribution in [3.05, 3.63) is 0 Å². The second kappa shape index (κ2) is 5.83. The van der Waals surface area contributed by atoms with E-state index >= 15 is 0 Å². The predicted octanol–water partition coefficient (Wildman–Crippen LogP) is -0.174. The second-order valence-corrected chi connectivity index (χ2v) is 3.12. The lowest BCUT2D eigenvalue weighted by molar-refractivity contribution is -0.141. The maximum Gasteiger partial charge on any atom is 0.328 e. The number of rotatable bonds is 5. The molecule has 3 N–H and O–H groups in total. The van der Waals surface area contributed by atoms with Crippen LogP contribution in [0.3, 0.4) is 0 Å². The first kappa shape index (κ1) is 12.9. The van der Waals surface area contributed by atoms with E-state index < -0.39 is 12.0 Å². The van der Waals surface area contributed by atoms with E-state index in [-0.39, 0.29) is 17.9 Å². The van der Waals surface area contributed by atoms with Gasteiger partial charge in [-0.3, -0.25) is 0 Å². The first-order chi connectivity index (χ1) is 8.06. The Labute approximate surface area is 98.6 Å². The lowest BCUT2D eigenvalue weighted by Crippen LogP contribution is -2.28. The van der Waals surface area contributed by atoms with Gasteiger partial charge < -0.3 is 20.5 Å². The smallest absolute Gasteiger partial charge is 0.328 e. The van der Waals surface area contributed by atoms with E-state index in [0.717, 1.165) is 0 Å². The molecule has 1 rings (SSSR count).